The van der Waals surface area contributed by atoms with Gasteiger partial charge in [-0.25, -0.2) is 0 Å². The van der Waals surface area contributed by atoms with Crippen LogP contribution in [0.5, 0.6) is 0 Å². The van der Waals surface area contributed by atoms with Gasteiger partial charge in [0.15, 0.2) is 5.69 Å². The molecule has 22 heavy (non-hydrogen) atoms. The van der Waals surface area contributed by atoms with Crippen LogP contribution < -0.4 is 0 Å². The zero-order chi connectivity index (χ0) is 15.7. The van der Waals surface area contributed by atoms with E-state index in [1.165, 1.54) is 17.7 Å². The number of rotatable bonds is 3. The fourth-order valence-corrected chi connectivity index (χ4v) is 3.76. The van der Waals surface area contributed by atoms with Crippen molar-refractivity contribution in [2.45, 2.75) is 38.6 Å². The van der Waals surface area contributed by atoms with Gasteiger partial charge in [0.2, 0.25) is 0 Å². The van der Waals surface area contributed by atoms with E-state index in [0.29, 0.717) is 18.8 Å². The van der Waals surface area contributed by atoms with Crippen molar-refractivity contribution < 1.29 is 9.90 Å². The molecule has 1 N–H and O–H groups in total. The highest BCUT2D eigenvalue weighted by Crippen LogP contribution is 2.25. The normalized spacial score (nSPS) is 22.7. The van der Waals surface area contributed by atoms with Crippen LogP contribution >= 0.6 is 0 Å². The Morgan fingerprint density at radius 2 is 2.09 bits per heavy atom. The van der Waals surface area contributed by atoms with E-state index in [2.05, 4.69) is 16.9 Å². The average molecular weight is 306 g/mol. The molecule has 1 amide bonds. The number of hydrogen-bond donors (Lipinski definition) is 1. The third kappa shape index (κ3) is 2.77. The summed E-state index contributed by atoms with van der Waals surface area (Å²) in [5.74, 6) is 0.0786. The predicted octanol–water partition coefficient (Wildman–Crippen LogP) is 0.438. The minimum Gasteiger partial charge on any atom is -0.395 e. The van der Waals surface area contributed by atoms with Crippen molar-refractivity contribution in [3.05, 3.63) is 17.0 Å². The van der Waals surface area contributed by atoms with Crippen molar-refractivity contribution in [1.82, 2.24) is 19.6 Å². The van der Waals surface area contributed by atoms with Gasteiger partial charge < -0.3 is 10.0 Å². The van der Waals surface area contributed by atoms with E-state index in [1.54, 1.807) is 0 Å². The van der Waals surface area contributed by atoms with Crippen LogP contribution in [0.3, 0.4) is 0 Å². The monoisotopic (exact) mass is 306 g/mol. The fraction of sp³-hybridized carbons (Fsp3) is 0.750. The van der Waals surface area contributed by atoms with E-state index in [-0.39, 0.29) is 18.6 Å². The molecule has 122 valence electrons. The molecule has 0 aromatic carbocycles. The summed E-state index contributed by atoms with van der Waals surface area (Å²) in [6.45, 7) is 5.30. The third-order valence-corrected chi connectivity index (χ3v) is 4.96. The van der Waals surface area contributed by atoms with E-state index in [1.807, 2.05) is 16.6 Å². The number of hydrogen-bond acceptors (Lipinski definition) is 4. The summed E-state index contributed by atoms with van der Waals surface area (Å²) < 4.78 is 1.90. The summed E-state index contributed by atoms with van der Waals surface area (Å²) >= 11 is 0. The summed E-state index contributed by atoms with van der Waals surface area (Å²) in [6.07, 6.45) is 4.35. The topological polar surface area (TPSA) is 61.6 Å². The standard InChI is InChI=1S/C16H26N4O2/c1-12-11-19(9-10-21)7-8-20(12)16(22)15-13-5-3-4-6-14(13)18(2)17-15/h12,21H,3-11H2,1-2H3. The number of carbonyl (C=O) groups excluding carboxylic acids is 1. The van der Waals surface area contributed by atoms with Crippen molar-refractivity contribution in [1.29, 1.82) is 0 Å². The molecule has 1 saturated heterocycles. The van der Waals surface area contributed by atoms with Crippen molar-refractivity contribution in [2.75, 3.05) is 32.8 Å². The Morgan fingerprint density at radius 3 is 2.82 bits per heavy atom. The Balaban J connectivity index is 1.77. The second kappa shape index (κ2) is 6.38. The number of β-amino-alcohol motifs (C(OH)–C–C–N with tert-alkyl or cyclic N) is 1. The second-order valence-corrected chi connectivity index (χ2v) is 6.48. The van der Waals surface area contributed by atoms with Crippen LogP contribution in [0.4, 0.5) is 0 Å². The molecule has 1 aromatic rings. The van der Waals surface area contributed by atoms with E-state index in [9.17, 15) is 4.79 Å². The van der Waals surface area contributed by atoms with Gasteiger partial charge in [0.25, 0.3) is 5.91 Å². The Bertz CT molecular complexity index is 555. The molecule has 6 heteroatoms. The second-order valence-electron chi connectivity index (χ2n) is 6.48. The highest BCUT2D eigenvalue weighted by molar-refractivity contribution is 5.94. The largest absolute Gasteiger partial charge is 0.395 e. The SMILES string of the molecule is CC1CN(CCO)CCN1C(=O)c1nn(C)c2c1CCCC2. The molecule has 1 aromatic heterocycles. The molecule has 1 atom stereocenters. The van der Waals surface area contributed by atoms with Gasteiger partial charge in [-0.1, -0.05) is 0 Å². The number of aryl methyl sites for hydroxylation is 1. The van der Waals surface area contributed by atoms with Gasteiger partial charge in [-0.05, 0) is 32.6 Å². The Hall–Kier alpha value is -1.40. The number of aliphatic hydroxyl groups excluding tert-OH is 1. The Morgan fingerprint density at radius 1 is 1.32 bits per heavy atom. The molecule has 2 aliphatic rings. The summed E-state index contributed by atoms with van der Waals surface area (Å²) in [6, 6.07) is 0.161. The molecule has 1 aliphatic carbocycles. The van der Waals surface area contributed by atoms with E-state index >= 15 is 0 Å². The lowest BCUT2D eigenvalue weighted by Gasteiger charge is -2.39. The van der Waals surface area contributed by atoms with Crippen molar-refractivity contribution >= 4 is 5.91 Å². The van der Waals surface area contributed by atoms with Gasteiger partial charge in [0.1, 0.15) is 0 Å². The molecule has 0 bridgehead atoms. The van der Waals surface area contributed by atoms with Gasteiger partial charge in [-0.3, -0.25) is 14.4 Å². The first-order valence-electron chi connectivity index (χ1n) is 8.30. The molecule has 0 saturated carbocycles. The lowest BCUT2D eigenvalue weighted by molar-refractivity contribution is 0.0451. The summed E-state index contributed by atoms with van der Waals surface area (Å²) in [5.41, 5.74) is 3.07. The molecule has 0 spiro atoms. The van der Waals surface area contributed by atoms with E-state index < -0.39 is 0 Å². The number of aliphatic hydroxyl groups is 1. The maximum absolute atomic E-state index is 12.9. The maximum Gasteiger partial charge on any atom is 0.274 e. The molecule has 6 nitrogen and oxygen atoms in total. The number of piperazine rings is 1. The molecule has 3 rings (SSSR count). The van der Waals surface area contributed by atoms with Crippen LogP contribution in [0.1, 0.15) is 41.5 Å². The Labute approximate surface area is 131 Å². The molecule has 2 heterocycles. The smallest absolute Gasteiger partial charge is 0.274 e. The van der Waals surface area contributed by atoms with E-state index in [4.69, 9.17) is 5.11 Å². The minimum atomic E-state index is 0.0786. The van der Waals surface area contributed by atoms with Gasteiger partial charge >= 0.3 is 0 Å². The zero-order valence-corrected chi connectivity index (χ0v) is 13.6. The van der Waals surface area contributed by atoms with Gasteiger partial charge in [-0.15, -0.1) is 0 Å². The fourth-order valence-electron chi connectivity index (χ4n) is 3.76. The van der Waals surface area contributed by atoms with E-state index in [0.717, 1.165) is 32.4 Å². The highest BCUT2D eigenvalue weighted by Gasteiger charge is 2.32. The lowest BCUT2D eigenvalue weighted by Crippen LogP contribution is -2.54. The van der Waals surface area contributed by atoms with Gasteiger partial charge in [-0.2, -0.15) is 5.10 Å². The number of fused-ring (bicyclic) bond motifs is 1. The van der Waals surface area contributed by atoms with Crippen LogP contribution in [0.2, 0.25) is 0 Å². The lowest BCUT2D eigenvalue weighted by atomic mass is 9.95. The number of carbonyl (C=O) groups is 1. The number of amides is 1. The third-order valence-electron chi connectivity index (χ3n) is 4.96. The van der Waals surface area contributed by atoms with Crippen molar-refractivity contribution in [3.63, 3.8) is 0 Å². The minimum absolute atomic E-state index is 0.0786. The van der Waals surface area contributed by atoms with Crippen LogP contribution in [0.25, 0.3) is 0 Å². The summed E-state index contributed by atoms with van der Waals surface area (Å²) in [4.78, 5) is 17.1. The zero-order valence-electron chi connectivity index (χ0n) is 13.6. The van der Waals surface area contributed by atoms with Crippen LogP contribution in [-0.4, -0.2) is 69.4 Å². The number of aromatic nitrogens is 2. The molecule has 1 fully saturated rings. The molecule has 0 radical (unpaired) electrons. The predicted molar refractivity (Wildman–Crippen MR) is 83.9 cm³/mol. The quantitative estimate of drug-likeness (QED) is 0.880. The average Bonchev–Trinajstić information content (AvgIpc) is 2.85. The van der Waals surface area contributed by atoms with Gasteiger partial charge in [0.05, 0.1) is 6.61 Å². The summed E-state index contributed by atoms with van der Waals surface area (Å²) in [7, 11) is 1.95. The van der Waals surface area contributed by atoms with Crippen molar-refractivity contribution in [2.24, 2.45) is 7.05 Å². The Kier molecular flexibility index (Phi) is 4.49. The molecule has 1 aliphatic heterocycles. The number of nitrogens with zero attached hydrogens (tertiary/aromatic N) is 4. The first kappa shape index (κ1) is 15.5. The molecule has 1 unspecified atom stereocenters. The highest BCUT2D eigenvalue weighted by atomic mass is 16.3. The van der Waals surface area contributed by atoms with Crippen LogP contribution in [-0.2, 0) is 19.9 Å². The first-order valence-corrected chi connectivity index (χ1v) is 8.30. The molecular formula is C16H26N4O2. The molecular weight excluding hydrogens is 280 g/mol. The first-order chi connectivity index (χ1) is 10.6. The van der Waals surface area contributed by atoms with Gasteiger partial charge in [0, 0.05) is 50.5 Å². The van der Waals surface area contributed by atoms with Crippen LogP contribution in [0, 0.1) is 0 Å². The van der Waals surface area contributed by atoms with Crippen molar-refractivity contribution in [3.8, 4) is 0 Å². The van der Waals surface area contributed by atoms with Crippen LogP contribution in [0.15, 0.2) is 0 Å². The summed E-state index contributed by atoms with van der Waals surface area (Å²) in [5, 5.41) is 13.6. The maximum atomic E-state index is 12.9.